The third kappa shape index (κ3) is 3.60. The topological polar surface area (TPSA) is 123 Å². The predicted octanol–water partition coefficient (Wildman–Crippen LogP) is -1.21. The van der Waals surface area contributed by atoms with Gasteiger partial charge in [-0.1, -0.05) is 12.1 Å². The van der Waals surface area contributed by atoms with E-state index in [1.165, 1.54) is 7.05 Å². The number of rotatable bonds is 5. The highest BCUT2D eigenvalue weighted by Crippen LogP contribution is 2.13. The molecule has 0 saturated carbocycles. The molecule has 1 aliphatic heterocycles. The minimum absolute atomic E-state index is 0.448. The van der Waals surface area contributed by atoms with Crippen molar-refractivity contribution in [3.8, 4) is 0 Å². The molecule has 2 amide bonds. The van der Waals surface area contributed by atoms with Crippen LogP contribution in [0.2, 0.25) is 0 Å². The van der Waals surface area contributed by atoms with E-state index in [-0.39, 0.29) is 0 Å². The number of carbonyl (C=O) groups is 2. The highest BCUT2D eigenvalue weighted by Gasteiger charge is 2.29. The standard InChI is InChI=1S/C14H18N4O4/c1-15-13(21)11(19)12(20)14(22)17-9-4-2-8(3-5-9)10-6-7-16-18-10/h2-5,11-12,16,19-20H,6-7H2,1H3,(H,15,21)(H,17,22)/t11-,12-/m1/s1. The fourth-order valence-electron chi connectivity index (χ4n) is 1.99. The van der Waals surface area contributed by atoms with E-state index in [1.54, 1.807) is 24.3 Å². The van der Waals surface area contributed by atoms with Crippen LogP contribution in [0.4, 0.5) is 5.69 Å². The van der Waals surface area contributed by atoms with E-state index in [0.717, 1.165) is 24.2 Å². The number of hydrogen-bond donors (Lipinski definition) is 5. The van der Waals surface area contributed by atoms with Crippen molar-refractivity contribution in [1.29, 1.82) is 0 Å². The van der Waals surface area contributed by atoms with E-state index < -0.39 is 24.0 Å². The molecular formula is C14H18N4O4. The molecule has 1 aliphatic rings. The Hall–Kier alpha value is -2.45. The molecule has 0 fully saturated rings. The molecule has 8 heteroatoms. The first-order valence-corrected chi connectivity index (χ1v) is 6.81. The van der Waals surface area contributed by atoms with Crippen LogP contribution >= 0.6 is 0 Å². The number of likely N-dealkylation sites (N-methyl/N-ethyl adjacent to an activating group) is 1. The van der Waals surface area contributed by atoms with E-state index in [0.29, 0.717) is 5.69 Å². The average Bonchev–Trinajstić information content (AvgIpc) is 3.07. The van der Waals surface area contributed by atoms with Crippen LogP contribution in [0, 0.1) is 0 Å². The summed E-state index contributed by atoms with van der Waals surface area (Å²) in [5, 5.41) is 27.8. The number of nitrogens with one attached hydrogen (secondary N) is 3. The van der Waals surface area contributed by atoms with Crippen molar-refractivity contribution in [1.82, 2.24) is 10.7 Å². The van der Waals surface area contributed by atoms with Crippen LogP contribution in [0.15, 0.2) is 29.4 Å². The number of anilines is 1. The molecule has 118 valence electrons. The van der Waals surface area contributed by atoms with Gasteiger partial charge in [-0.25, -0.2) is 0 Å². The van der Waals surface area contributed by atoms with Crippen molar-refractivity contribution in [3.63, 3.8) is 0 Å². The molecule has 2 atom stereocenters. The Bertz CT molecular complexity index is 585. The van der Waals surface area contributed by atoms with Gasteiger partial charge in [-0.15, -0.1) is 0 Å². The van der Waals surface area contributed by atoms with Gasteiger partial charge in [0, 0.05) is 25.7 Å². The van der Waals surface area contributed by atoms with Crippen LogP contribution in [0.3, 0.4) is 0 Å². The van der Waals surface area contributed by atoms with Crippen molar-refractivity contribution >= 4 is 23.2 Å². The molecule has 1 aromatic rings. The molecule has 1 aromatic carbocycles. The predicted molar refractivity (Wildman–Crippen MR) is 80.3 cm³/mol. The molecule has 0 aliphatic carbocycles. The lowest BCUT2D eigenvalue weighted by Crippen LogP contribution is -2.46. The molecule has 0 saturated heterocycles. The largest absolute Gasteiger partial charge is 0.380 e. The van der Waals surface area contributed by atoms with Crippen molar-refractivity contribution in [2.24, 2.45) is 5.10 Å². The van der Waals surface area contributed by atoms with Gasteiger partial charge in [0.05, 0.1) is 5.71 Å². The maximum Gasteiger partial charge on any atom is 0.256 e. The molecule has 0 unspecified atom stereocenters. The average molecular weight is 306 g/mol. The van der Waals surface area contributed by atoms with Crippen molar-refractivity contribution in [3.05, 3.63) is 29.8 Å². The summed E-state index contributed by atoms with van der Waals surface area (Å²) in [6, 6.07) is 6.91. The van der Waals surface area contributed by atoms with Gasteiger partial charge in [0.25, 0.3) is 11.8 Å². The van der Waals surface area contributed by atoms with Crippen molar-refractivity contribution in [2.75, 3.05) is 18.9 Å². The second-order valence-electron chi connectivity index (χ2n) is 4.79. The number of hydrazone groups is 1. The second-order valence-corrected chi connectivity index (χ2v) is 4.79. The quantitative estimate of drug-likeness (QED) is 0.467. The summed E-state index contributed by atoms with van der Waals surface area (Å²) >= 11 is 0. The Morgan fingerprint density at radius 2 is 1.82 bits per heavy atom. The lowest BCUT2D eigenvalue weighted by molar-refractivity contribution is -0.142. The molecule has 8 nitrogen and oxygen atoms in total. The molecular weight excluding hydrogens is 288 g/mol. The first-order chi connectivity index (χ1) is 10.5. The number of nitrogens with zero attached hydrogens (tertiary/aromatic N) is 1. The molecule has 0 bridgehead atoms. The van der Waals surface area contributed by atoms with Gasteiger partial charge in [0.1, 0.15) is 0 Å². The second kappa shape index (κ2) is 7.01. The zero-order valence-electron chi connectivity index (χ0n) is 12.0. The van der Waals surface area contributed by atoms with Crippen LogP contribution < -0.4 is 16.1 Å². The molecule has 22 heavy (non-hydrogen) atoms. The summed E-state index contributed by atoms with van der Waals surface area (Å²) in [5.41, 5.74) is 5.21. The van der Waals surface area contributed by atoms with Crippen LogP contribution in [0.1, 0.15) is 12.0 Å². The number of benzene rings is 1. The highest BCUT2D eigenvalue weighted by atomic mass is 16.3. The fraction of sp³-hybridized carbons (Fsp3) is 0.357. The molecule has 5 N–H and O–H groups in total. The minimum Gasteiger partial charge on any atom is -0.380 e. The van der Waals surface area contributed by atoms with Gasteiger partial charge in [-0.3, -0.25) is 9.59 Å². The lowest BCUT2D eigenvalue weighted by atomic mass is 10.1. The maximum absolute atomic E-state index is 11.8. The minimum atomic E-state index is -1.84. The summed E-state index contributed by atoms with van der Waals surface area (Å²) in [7, 11) is 1.30. The van der Waals surface area contributed by atoms with Gasteiger partial charge < -0.3 is 26.3 Å². The third-order valence-corrected chi connectivity index (χ3v) is 3.26. The summed E-state index contributed by atoms with van der Waals surface area (Å²) in [5.74, 6) is -1.69. The zero-order chi connectivity index (χ0) is 16.1. The van der Waals surface area contributed by atoms with E-state index in [9.17, 15) is 19.8 Å². The SMILES string of the molecule is CNC(=O)[C@H](O)[C@@H](O)C(=O)Nc1ccc(C2=NNCC2)cc1. The summed E-state index contributed by atoms with van der Waals surface area (Å²) in [6.07, 6.45) is -2.82. The maximum atomic E-state index is 11.8. The van der Waals surface area contributed by atoms with Gasteiger partial charge in [0.15, 0.2) is 12.2 Å². The third-order valence-electron chi connectivity index (χ3n) is 3.26. The molecule has 0 aromatic heterocycles. The van der Waals surface area contributed by atoms with Gasteiger partial charge in [-0.2, -0.15) is 5.10 Å². The van der Waals surface area contributed by atoms with Gasteiger partial charge in [0.2, 0.25) is 0 Å². The Kier molecular flexibility index (Phi) is 5.08. The van der Waals surface area contributed by atoms with E-state index in [4.69, 9.17) is 0 Å². The van der Waals surface area contributed by atoms with E-state index in [1.807, 2.05) is 0 Å². The number of carbonyl (C=O) groups excluding carboxylic acids is 2. The van der Waals surface area contributed by atoms with Crippen LogP contribution in [-0.2, 0) is 9.59 Å². The van der Waals surface area contributed by atoms with Crippen molar-refractivity contribution in [2.45, 2.75) is 18.6 Å². The summed E-state index contributed by atoms with van der Waals surface area (Å²) in [6.45, 7) is 0.803. The zero-order valence-corrected chi connectivity index (χ0v) is 12.0. The van der Waals surface area contributed by atoms with Crippen LogP contribution in [-0.4, -0.2) is 53.5 Å². The number of aliphatic hydroxyl groups excluding tert-OH is 2. The molecule has 2 rings (SSSR count). The smallest absolute Gasteiger partial charge is 0.256 e. The number of amides is 2. The monoisotopic (exact) mass is 306 g/mol. The Morgan fingerprint density at radius 3 is 2.36 bits per heavy atom. The number of aliphatic hydroxyl groups is 2. The first kappa shape index (κ1) is 15.9. The highest BCUT2D eigenvalue weighted by molar-refractivity contribution is 6.02. The van der Waals surface area contributed by atoms with Gasteiger partial charge >= 0.3 is 0 Å². The van der Waals surface area contributed by atoms with Crippen LogP contribution in [0.25, 0.3) is 0 Å². The van der Waals surface area contributed by atoms with Crippen molar-refractivity contribution < 1.29 is 19.8 Å². The fourth-order valence-corrected chi connectivity index (χ4v) is 1.99. The normalized spacial score (nSPS) is 16.2. The van der Waals surface area contributed by atoms with Gasteiger partial charge in [-0.05, 0) is 17.7 Å². The Balaban J connectivity index is 1.98. The molecule has 0 radical (unpaired) electrons. The summed E-state index contributed by atoms with van der Waals surface area (Å²) in [4.78, 5) is 23.0. The molecule has 0 spiro atoms. The van der Waals surface area contributed by atoms with E-state index >= 15 is 0 Å². The first-order valence-electron chi connectivity index (χ1n) is 6.81. The number of hydrogen-bond acceptors (Lipinski definition) is 6. The molecule has 1 heterocycles. The van der Waals surface area contributed by atoms with E-state index in [2.05, 4.69) is 21.2 Å². The Labute approximate surface area is 127 Å². The summed E-state index contributed by atoms with van der Waals surface area (Å²) < 4.78 is 0. The lowest BCUT2D eigenvalue weighted by Gasteiger charge is -2.16. The Morgan fingerprint density at radius 1 is 1.18 bits per heavy atom. The van der Waals surface area contributed by atoms with Crippen LogP contribution in [0.5, 0.6) is 0 Å².